The maximum Gasteiger partial charge on any atom is 0.332 e. The minimum absolute atomic E-state index is 0.0140. The van der Waals surface area contributed by atoms with E-state index in [1.165, 1.54) is 0 Å². The van der Waals surface area contributed by atoms with Crippen LogP contribution in [0.25, 0.3) is 0 Å². The molecule has 0 aromatic heterocycles. The lowest BCUT2D eigenvalue weighted by molar-refractivity contribution is -0.149. The number of nitrogens with zero attached hydrogens (tertiary/aromatic N) is 1. The largest absolute Gasteiger partial charge is 0.479 e. The zero-order chi connectivity index (χ0) is 12.8. The van der Waals surface area contributed by atoms with Crippen LogP contribution in [0.15, 0.2) is 0 Å². The number of carboxylic acid groups (broad SMARTS) is 1. The van der Waals surface area contributed by atoms with Crippen molar-refractivity contribution >= 4 is 23.7 Å². The molecule has 1 fully saturated rings. The first-order valence-corrected chi connectivity index (χ1v) is 4.96. The maximum absolute atomic E-state index is 11.2. The molecule has 94 valence electrons. The predicted octanol–water partition coefficient (Wildman–Crippen LogP) is -1.34. The first-order valence-electron chi connectivity index (χ1n) is 4.96. The van der Waals surface area contributed by atoms with Crippen molar-refractivity contribution in [1.82, 2.24) is 10.4 Å². The summed E-state index contributed by atoms with van der Waals surface area (Å²) in [6.45, 7) is -0.659. The van der Waals surface area contributed by atoms with Crippen molar-refractivity contribution in [3.05, 3.63) is 0 Å². The van der Waals surface area contributed by atoms with Crippen LogP contribution in [0.1, 0.15) is 19.3 Å². The van der Waals surface area contributed by atoms with Crippen LogP contribution in [0.5, 0.6) is 0 Å². The molecule has 0 aromatic rings. The number of likely N-dealkylation sites (tertiary alicyclic amines) is 1. The molecule has 8 nitrogen and oxygen atoms in total. The third kappa shape index (κ3) is 4.19. The maximum atomic E-state index is 11.2. The minimum atomic E-state index is -1.21. The highest BCUT2D eigenvalue weighted by Crippen LogP contribution is 2.11. The Morgan fingerprint density at radius 3 is 2.41 bits per heavy atom. The molecule has 1 heterocycles. The lowest BCUT2D eigenvalue weighted by Crippen LogP contribution is -2.34. The Hall–Kier alpha value is -1.96. The Labute approximate surface area is 96.5 Å². The smallest absolute Gasteiger partial charge is 0.332 e. The van der Waals surface area contributed by atoms with Crippen molar-refractivity contribution in [2.24, 2.45) is 0 Å². The van der Waals surface area contributed by atoms with Gasteiger partial charge in [0.05, 0.1) is 0 Å². The van der Waals surface area contributed by atoms with Crippen LogP contribution in [0.4, 0.5) is 0 Å². The zero-order valence-corrected chi connectivity index (χ0v) is 8.97. The van der Waals surface area contributed by atoms with Gasteiger partial charge in [0.2, 0.25) is 17.7 Å². The van der Waals surface area contributed by atoms with E-state index in [1.807, 2.05) is 5.48 Å². The molecular formula is C9H12N2O6. The number of hydrogen-bond donors (Lipinski definition) is 2. The molecule has 0 unspecified atom stereocenters. The van der Waals surface area contributed by atoms with E-state index < -0.39 is 18.5 Å². The summed E-state index contributed by atoms with van der Waals surface area (Å²) >= 11 is 0. The van der Waals surface area contributed by atoms with Crippen molar-refractivity contribution in [1.29, 1.82) is 0 Å². The van der Waals surface area contributed by atoms with Gasteiger partial charge in [0.1, 0.15) is 0 Å². The standard InChI is InChI=1S/C9H12N2O6/c12-6(10-17-5-9(15)16)3-4-11-7(13)1-2-8(11)14/h1-5H2,(H,10,12)(H,15,16). The van der Waals surface area contributed by atoms with Gasteiger partial charge in [0.25, 0.3) is 0 Å². The number of hydroxylamine groups is 1. The van der Waals surface area contributed by atoms with E-state index >= 15 is 0 Å². The molecule has 0 spiro atoms. The molecule has 0 aromatic carbocycles. The molecular weight excluding hydrogens is 232 g/mol. The Morgan fingerprint density at radius 1 is 1.29 bits per heavy atom. The molecule has 1 aliphatic rings. The minimum Gasteiger partial charge on any atom is -0.479 e. The second-order valence-corrected chi connectivity index (χ2v) is 3.40. The summed E-state index contributed by atoms with van der Waals surface area (Å²) in [5, 5.41) is 8.22. The lowest BCUT2D eigenvalue weighted by Gasteiger charge is -2.12. The van der Waals surface area contributed by atoms with Crippen LogP contribution in [0, 0.1) is 0 Å². The number of carbonyl (C=O) groups is 4. The van der Waals surface area contributed by atoms with Gasteiger partial charge in [-0.1, -0.05) is 0 Å². The van der Waals surface area contributed by atoms with Crippen molar-refractivity contribution in [3.63, 3.8) is 0 Å². The fourth-order valence-corrected chi connectivity index (χ4v) is 1.31. The summed E-state index contributed by atoms with van der Waals surface area (Å²) in [4.78, 5) is 48.9. The molecule has 1 aliphatic heterocycles. The van der Waals surface area contributed by atoms with Gasteiger partial charge < -0.3 is 5.11 Å². The Balaban J connectivity index is 2.21. The van der Waals surface area contributed by atoms with E-state index in [0.29, 0.717) is 0 Å². The third-order valence-electron chi connectivity index (χ3n) is 2.10. The van der Waals surface area contributed by atoms with Gasteiger partial charge in [-0.25, -0.2) is 10.3 Å². The highest BCUT2D eigenvalue weighted by Gasteiger charge is 2.28. The predicted molar refractivity (Wildman–Crippen MR) is 52.3 cm³/mol. The van der Waals surface area contributed by atoms with Gasteiger partial charge >= 0.3 is 5.97 Å². The first-order chi connectivity index (χ1) is 8.00. The highest BCUT2D eigenvalue weighted by atomic mass is 16.7. The van der Waals surface area contributed by atoms with E-state index in [-0.39, 0.29) is 37.6 Å². The monoisotopic (exact) mass is 244 g/mol. The molecule has 3 amide bonds. The summed E-state index contributed by atoms with van der Waals surface area (Å²) in [5.41, 5.74) is 1.90. The Bertz CT molecular complexity index is 337. The molecule has 8 heteroatoms. The number of rotatable bonds is 6. The summed E-state index contributed by atoms with van der Waals surface area (Å²) in [5.74, 6) is -2.39. The van der Waals surface area contributed by atoms with Crippen LogP contribution in [0.2, 0.25) is 0 Å². The molecule has 17 heavy (non-hydrogen) atoms. The van der Waals surface area contributed by atoms with Crippen LogP contribution < -0.4 is 5.48 Å². The second-order valence-electron chi connectivity index (χ2n) is 3.40. The van der Waals surface area contributed by atoms with Crippen molar-refractivity contribution in [2.75, 3.05) is 13.2 Å². The molecule has 2 N–H and O–H groups in total. The fourth-order valence-electron chi connectivity index (χ4n) is 1.31. The second kappa shape index (κ2) is 5.94. The van der Waals surface area contributed by atoms with Gasteiger partial charge in [-0.2, -0.15) is 0 Å². The van der Waals surface area contributed by atoms with E-state index in [4.69, 9.17) is 5.11 Å². The van der Waals surface area contributed by atoms with E-state index in [1.54, 1.807) is 0 Å². The number of nitrogens with one attached hydrogen (secondary N) is 1. The lowest BCUT2D eigenvalue weighted by atomic mass is 10.4. The van der Waals surface area contributed by atoms with Crippen molar-refractivity contribution < 1.29 is 29.1 Å². The Kier molecular flexibility index (Phi) is 4.58. The van der Waals surface area contributed by atoms with Crippen LogP contribution in [0.3, 0.4) is 0 Å². The fraction of sp³-hybridized carbons (Fsp3) is 0.556. The van der Waals surface area contributed by atoms with Gasteiger partial charge in [-0.3, -0.25) is 24.1 Å². The quantitative estimate of drug-likeness (QED) is 0.441. The molecule has 0 atom stereocenters. The van der Waals surface area contributed by atoms with Crippen LogP contribution in [-0.4, -0.2) is 46.8 Å². The summed E-state index contributed by atoms with van der Waals surface area (Å²) in [6, 6.07) is 0. The van der Waals surface area contributed by atoms with Crippen molar-refractivity contribution in [2.45, 2.75) is 19.3 Å². The van der Waals surface area contributed by atoms with Crippen LogP contribution >= 0.6 is 0 Å². The Morgan fingerprint density at radius 2 is 1.88 bits per heavy atom. The molecule has 0 aliphatic carbocycles. The third-order valence-corrected chi connectivity index (χ3v) is 2.10. The van der Waals surface area contributed by atoms with Crippen molar-refractivity contribution in [3.8, 4) is 0 Å². The first kappa shape index (κ1) is 13.1. The average Bonchev–Trinajstić information content (AvgIpc) is 2.55. The average molecular weight is 244 g/mol. The number of amides is 3. The SMILES string of the molecule is O=C(O)CONC(=O)CCN1C(=O)CCC1=O. The molecule has 0 radical (unpaired) electrons. The van der Waals surface area contributed by atoms with Gasteiger partial charge in [0, 0.05) is 25.8 Å². The highest BCUT2D eigenvalue weighted by molar-refractivity contribution is 6.02. The zero-order valence-electron chi connectivity index (χ0n) is 8.97. The number of aliphatic carboxylic acids is 1. The van der Waals surface area contributed by atoms with E-state index in [9.17, 15) is 19.2 Å². The number of imide groups is 1. The summed E-state index contributed by atoms with van der Waals surface area (Å²) < 4.78 is 0. The summed E-state index contributed by atoms with van der Waals surface area (Å²) in [6.07, 6.45) is 0.239. The number of carboxylic acids is 1. The van der Waals surface area contributed by atoms with E-state index in [0.717, 1.165) is 4.90 Å². The van der Waals surface area contributed by atoms with E-state index in [2.05, 4.69) is 4.84 Å². The summed E-state index contributed by atoms with van der Waals surface area (Å²) in [7, 11) is 0. The normalized spacial score (nSPS) is 15.2. The topological polar surface area (TPSA) is 113 Å². The molecule has 1 saturated heterocycles. The van der Waals surface area contributed by atoms with Gasteiger partial charge in [0.15, 0.2) is 6.61 Å². The van der Waals surface area contributed by atoms with Gasteiger partial charge in [-0.15, -0.1) is 0 Å². The molecule has 0 saturated carbocycles. The van der Waals surface area contributed by atoms with Crippen LogP contribution in [-0.2, 0) is 24.0 Å². The number of carbonyl (C=O) groups excluding carboxylic acids is 3. The van der Waals surface area contributed by atoms with Gasteiger partial charge in [-0.05, 0) is 0 Å². The molecule has 1 rings (SSSR count). The number of hydrogen-bond acceptors (Lipinski definition) is 5. The molecule has 0 bridgehead atoms.